The van der Waals surface area contributed by atoms with Gasteiger partial charge in [0.05, 0.1) is 51.9 Å². The number of benzene rings is 1. The molecule has 11 nitrogen and oxygen atoms in total. The summed E-state index contributed by atoms with van der Waals surface area (Å²) in [6.07, 6.45) is 0.491. The van der Waals surface area contributed by atoms with Gasteiger partial charge in [-0.2, -0.15) is 0 Å². The number of rotatable bonds is 8. The molecule has 3 atom stereocenters. The summed E-state index contributed by atoms with van der Waals surface area (Å²) in [4.78, 5) is 46.1. The number of likely N-dealkylation sites (N-methyl/N-ethyl adjacent to an activating group) is 1. The number of carbonyl (C=O) groups excluding carboxylic acids is 2. The van der Waals surface area contributed by atoms with Gasteiger partial charge in [0.25, 0.3) is 5.56 Å². The molecule has 0 bridgehead atoms. The zero-order valence-electron chi connectivity index (χ0n) is 25.9. The van der Waals surface area contributed by atoms with Gasteiger partial charge in [0.1, 0.15) is 24.9 Å². The van der Waals surface area contributed by atoms with Crippen molar-refractivity contribution in [2.75, 3.05) is 33.0 Å². The highest BCUT2D eigenvalue weighted by Gasteiger charge is 2.51. The Morgan fingerprint density at radius 2 is 2.00 bits per heavy atom. The number of fused-ring (bicyclic) bond motifs is 5. The summed E-state index contributed by atoms with van der Waals surface area (Å²) in [6.45, 7) is 7.85. The SMILES string of the molecule is CC[C@@]1(OC(=O)CC(O)C[N+](C)(C)C)C(=O)OCc2c1cc1n(c2=O)CC2=C(/C=N/OC(C)(C)C)c3ccccc3NC21. The summed E-state index contributed by atoms with van der Waals surface area (Å²) in [5.74, 6) is -1.47. The first-order chi connectivity index (χ1) is 20.1. The third-order valence-corrected chi connectivity index (χ3v) is 7.84. The number of aliphatic hydroxyl groups is 1. The predicted molar refractivity (Wildman–Crippen MR) is 161 cm³/mol. The average molecular weight is 594 g/mol. The van der Waals surface area contributed by atoms with Crippen molar-refractivity contribution in [2.24, 2.45) is 5.16 Å². The normalized spacial score (nSPS) is 21.8. The van der Waals surface area contributed by atoms with Gasteiger partial charge < -0.3 is 33.8 Å². The number of carbonyl (C=O) groups is 2. The van der Waals surface area contributed by atoms with Crippen LogP contribution >= 0.6 is 0 Å². The molecule has 2 aromatic rings. The molecule has 11 heteroatoms. The van der Waals surface area contributed by atoms with E-state index in [0.717, 1.165) is 22.4 Å². The van der Waals surface area contributed by atoms with E-state index in [1.54, 1.807) is 23.8 Å². The van der Waals surface area contributed by atoms with Crippen molar-refractivity contribution < 1.29 is 33.5 Å². The monoisotopic (exact) mass is 593 g/mol. The fourth-order valence-electron chi connectivity index (χ4n) is 6.01. The number of quaternary nitrogens is 1. The van der Waals surface area contributed by atoms with Crippen molar-refractivity contribution in [3.05, 3.63) is 68.6 Å². The van der Waals surface area contributed by atoms with Crippen molar-refractivity contribution >= 4 is 29.4 Å². The largest absolute Gasteiger partial charge is 0.457 e. The molecule has 43 heavy (non-hydrogen) atoms. The van der Waals surface area contributed by atoms with Gasteiger partial charge in [-0.1, -0.05) is 30.3 Å². The lowest BCUT2D eigenvalue weighted by Gasteiger charge is -2.36. The number of pyridine rings is 1. The zero-order chi connectivity index (χ0) is 31.3. The molecular weight excluding hydrogens is 552 g/mol. The number of nitrogens with one attached hydrogen (secondary N) is 1. The fraction of sp³-hybridized carbons (Fsp3) is 0.500. The molecular formula is C32H41N4O7+. The summed E-state index contributed by atoms with van der Waals surface area (Å²) >= 11 is 0. The molecule has 0 spiro atoms. The van der Waals surface area contributed by atoms with Crippen molar-refractivity contribution in [1.29, 1.82) is 0 Å². The quantitative estimate of drug-likeness (QED) is 0.207. The van der Waals surface area contributed by atoms with Crippen LogP contribution in [-0.2, 0) is 42.7 Å². The van der Waals surface area contributed by atoms with E-state index in [9.17, 15) is 19.5 Å². The maximum absolute atomic E-state index is 14.0. The van der Waals surface area contributed by atoms with Crippen molar-refractivity contribution in [3.63, 3.8) is 0 Å². The maximum Gasteiger partial charge on any atom is 0.355 e. The van der Waals surface area contributed by atoms with Gasteiger partial charge in [0.15, 0.2) is 0 Å². The number of hydrogen-bond donors (Lipinski definition) is 2. The van der Waals surface area contributed by atoms with Crippen LogP contribution in [0.15, 0.2) is 45.9 Å². The summed E-state index contributed by atoms with van der Waals surface area (Å²) in [7, 11) is 5.71. The number of nitrogens with zero attached hydrogens (tertiary/aromatic N) is 3. The number of oxime groups is 1. The van der Waals surface area contributed by atoms with E-state index in [2.05, 4.69) is 10.5 Å². The molecule has 1 aromatic carbocycles. The summed E-state index contributed by atoms with van der Waals surface area (Å²) in [5.41, 5.74) is 2.22. The summed E-state index contributed by atoms with van der Waals surface area (Å²) in [5, 5.41) is 18.3. The van der Waals surface area contributed by atoms with E-state index >= 15 is 0 Å². The highest BCUT2D eigenvalue weighted by molar-refractivity contribution is 6.14. The Kier molecular flexibility index (Phi) is 7.77. The Labute approximate surface area is 251 Å². The molecule has 0 aliphatic carbocycles. The number of anilines is 1. The number of hydrogen-bond acceptors (Lipinski definition) is 9. The molecule has 2 unspecified atom stereocenters. The minimum Gasteiger partial charge on any atom is -0.457 e. The molecule has 5 rings (SSSR count). The van der Waals surface area contributed by atoms with Crippen LogP contribution in [0.1, 0.15) is 69.0 Å². The minimum absolute atomic E-state index is 0.0601. The van der Waals surface area contributed by atoms with Crippen LogP contribution in [0.4, 0.5) is 5.69 Å². The van der Waals surface area contributed by atoms with Crippen LogP contribution in [0.3, 0.4) is 0 Å². The van der Waals surface area contributed by atoms with Gasteiger partial charge in [-0.15, -0.1) is 0 Å². The van der Waals surface area contributed by atoms with E-state index in [0.29, 0.717) is 28.8 Å². The highest BCUT2D eigenvalue weighted by atomic mass is 16.6. The third-order valence-electron chi connectivity index (χ3n) is 7.84. The second-order valence-electron chi connectivity index (χ2n) is 13.4. The van der Waals surface area contributed by atoms with Crippen LogP contribution in [0, 0.1) is 0 Å². The van der Waals surface area contributed by atoms with E-state index in [-0.39, 0.29) is 30.6 Å². The van der Waals surface area contributed by atoms with Gasteiger partial charge in [0, 0.05) is 28.1 Å². The second kappa shape index (κ2) is 10.9. The second-order valence-corrected chi connectivity index (χ2v) is 13.4. The summed E-state index contributed by atoms with van der Waals surface area (Å²) in [6, 6.07) is 9.21. The number of esters is 2. The molecule has 3 aliphatic rings. The van der Waals surface area contributed by atoms with Gasteiger partial charge >= 0.3 is 11.9 Å². The van der Waals surface area contributed by atoms with E-state index in [1.165, 1.54) is 0 Å². The number of ether oxygens (including phenoxy) is 2. The first-order valence-corrected chi connectivity index (χ1v) is 14.6. The number of para-hydroxylation sites is 1. The number of cyclic esters (lactones) is 1. The first kappa shape index (κ1) is 30.5. The lowest BCUT2D eigenvalue weighted by molar-refractivity contribution is -0.873. The van der Waals surface area contributed by atoms with Crippen molar-refractivity contribution in [1.82, 2.24) is 4.57 Å². The van der Waals surface area contributed by atoms with E-state index in [4.69, 9.17) is 14.3 Å². The molecule has 0 saturated carbocycles. The zero-order valence-corrected chi connectivity index (χ0v) is 25.9. The van der Waals surface area contributed by atoms with Crippen molar-refractivity contribution in [2.45, 2.75) is 77.0 Å². The molecule has 3 aliphatic heterocycles. The van der Waals surface area contributed by atoms with Crippen LogP contribution in [0.5, 0.6) is 0 Å². The number of allylic oxidation sites excluding steroid dienone is 1. The van der Waals surface area contributed by atoms with Gasteiger partial charge in [-0.25, -0.2) is 4.79 Å². The third kappa shape index (κ3) is 5.83. The Bertz CT molecular complexity index is 1580. The van der Waals surface area contributed by atoms with Gasteiger partial charge in [-0.3, -0.25) is 9.59 Å². The topological polar surface area (TPSA) is 128 Å². The standard InChI is InChI=1S/C32H41N4O7/c1-8-32(42-27(38)13-19(37)17-36(5,6)7)24-14-26-28-22(16-35(26)29(39)23(24)18-41-30(32)40)21(15-33-43-31(2,3)4)20-11-9-10-12-25(20)34-28/h9-12,14-15,19,28,34,37H,8,13,16-18H2,1-7H3/q+1/b33-15+/t19?,28?,32-/m0/s1. The molecule has 0 amide bonds. The van der Waals surface area contributed by atoms with Crippen LogP contribution in [-0.4, -0.2) is 71.7 Å². The first-order valence-electron chi connectivity index (χ1n) is 14.6. The minimum atomic E-state index is -1.81. The maximum atomic E-state index is 14.0. The predicted octanol–water partition coefficient (Wildman–Crippen LogP) is 3.25. The number of aromatic nitrogens is 1. The highest BCUT2D eigenvalue weighted by Crippen LogP contribution is 2.46. The molecule has 230 valence electrons. The van der Waals surface area contributed by atoms with Crippen LogP contribution < -0.4 is 10.9 Å². The number of aliphatic hydroxyl groups excluding tert-OH is 1. The Morgan fingerprint density at radius 3 is 2.67 bits per heavy atom. The van der Waals surface area contributed by atoms with Gasteiger partial charge in [-0.05, 0) is 44.9 Å². The molecule has 2 N–H and O–H groups in total. The fourth-order valence-corrected chi connectivity index (χ4v) is 6.01. The van der Waals surface area contributed by atoms with Crippen LogP contribution in [0.2, 0.25) is 0 Å². The van der Waals surface area contributed by atoms with E-state index < -0.39 is 35.3 Å². The Morgan fingerprint density at radius 1 is 1.28 bits per heavy atom. The smallest absolute Gasteiger partial charge is 0.355 e. The molecule has 0 fully saturated rings. The average Bonchev–Trinajstić information content (AvgIpc) is 3.27. The lowest BCUT2D eigenvalue weighted by atomic mass is 9.84. The van der Waals surface area contributed by atoms with Crippen molar-refractivity contribution in [3.8, 4) is 0 Å². The van der Waals surface area contributed by atoms with Crippen LogP contribution in [0.25, 0.3) is 5.57 Å². The Balaban J connectivity index is 1.57. The molecule has 4 heterocycles. The molecule has 1 aromatic heterocycles. The van der Waals surface area contributed by atoms with E-state index in [1.807, 2.05) is 66.2 Å². The molecule has 0 saturated heterocycles. The molecule has 0 radical (unpaired) electrons. The summed E-state index contributed by atoms with van der Waals surface area (Å²) < 4.78 is 13.4. The lowest BCUT2D eigenvalue weighted by Crippen LogP contribution is -2.48. The van der Waals surface area contributed by atoms with Gasteiger partial charge in [0.2, 0.25) is 5.60 Å². The Hall–Kier alpha value is -3.96.